The maximum atomic E-state index is 13.5. The van der Waals surface area contributed by atoms with Crippen LogP contribution in [-0.2, 0) is 20.0 Å². The number of aryl methyl sites for hydroxylation is 2. The molecule has 4 rings (SSSR count). The molecule has 29 heavy (non-hydrogen) atoms. The second-order valence-corrected chi connectivity index (χ2v) is 7.66. The SMILES string of the molecule is CCc1cc(C(=O)O)c(=O)[nH]c1-c1ccc2c(c1)cc(CN1CCC(F)C1)n2C. The number of aromatic amines is 1. The number of pyridine rings is 1. The summed E-state index contributed by atoms with van der Waals surface area (Å²) < 4.78 is 15.6. The first kappa shape index (κ1) is 19.4. The van der Waals surface area contributed by atoms with Crippen LogP contribution in [0.2, 0.25) is 0 Å². The van der Waals surface area contributed by atoms with Crippen molar-refractivity contribution in [2.75, 3.05) is 13.1 Å². The summed E-state index contributed by atoms with van der Waals surface area (Å²) in [6.45, 7) is 3.87. The summed E-state index contributed by atoms with van der Waals surface area (Å²) in [5.41, 5.74) is 3.58. The summed E-state index contributed by atoms with van der Waals surface area (Å²) in [5, 5.41) is 10.2. The fourth-order valence-corrected chi connectivity index (χ4v) is 4.14. The van der Waals surface area contributed by atoms with Crippen molar-refractivity contribution >= 4 is 16.9 Å². The quantitative estimate of drug-likeness (QED) is 0.692. The minimum Gasteiger partial charge on any atom is -0.477 e. The van der Waals surface area contributed by atoms with Crippen LogP contribution in [-0.4, -0.2) is 44.8 Å². The van der Waals surface area contributed by atoms with Crippen molar-refractivity contribution in [3.63, 3.8) is 0 Å². The monoisotopic (exact) mass is 397 g/mol. The first-order chi connectivity index (χ1) is 13.9. The van der Waals surface area contributed by atoms with Crippen molar-refractivity contribution in [1.29, 1.82) is 0 Å². The zero-order valence-electron chi connectivity index (χ0n) is 16.5. The van der Waals surface area contributed by atoms with Crippen LogP contribution in [0.25, 0.3) is 22.2 Å². The van der Waals surface area contributed by atoms with Gasteiger partial charge in [0.25, 0.3) is 5.56 Å². The molecule has 0 spiro atoms. The molecule has 1 saturated heterocycles. The normalized spacial score (nSPS) is 17.3. The van der Waals surface area contributed by atoms with Gasteiger partial charge in [-0.2, -0.15) is 0 Å². The van der Waals surface area contributed by atoms with Crippen molar-refractivity contribution in [2.24, 2.45) is 7.05 Å². The smallest absolute Gasteiger partial charge is 0.341 e. The van der Waals surface area contributed by atoms with Crippen molar-refractivity contribution in [3.05, 3.63) is 57.5 Å². The number of nitrogens with zero attached hydrogens (tertiary/aromatic N) is 2. The number of carboxylic acid groups (broad SMARTS) is 1. The number of rotatable bonds is 5. The molecule has 0 radical (unpaired) electrons. The molecule has 0 saturated carbocycles. The number of aromatic nitrogens is 2. The lowest BCUT2D eigenvalue weighted by molar-refractivity contribution is 0.0695. The number of hydrogen-bond acceptors (Lipinski definition) is 3. The predicted octanol–water partition coefficient (Wildman–Crippen LogP) is 3.34. The number of halogens is 1. The molecule has 1 unspecified atom stereocenters. The first-order valence-corrected chi connectivity index (χ1v) is 9.82. The minimum atomic E-state index is -1.23. The third-order valence-electron chi connectivity index (χ3n) is 5.77. The lowest BCUT2D eigenvalue weighted by atomic mass is 10.0. The van der Waals surface area contributed by atoms with Crippen molar-refractivity contribution in [1.82, 2.24) is 14.5 Å². The van der Waals surface area contributed by atoms with Gasteiger partial charge in [-0.15, -0.1) is 0 Å². The molecule has 6 nitrogen and oxygen atoms in total. The Balaban J connectivity index is 1.73. The maximum Gasteiger partial charge on any atom is 0.341 e. The summed E-state index contributed by atoms with van der Waals surface area (Å²) in [4.78, 5) is 28.3. The zero-order valence-corrected chi connectivity index (χ0v) is 16.5. The van der Waals surface area contributed by atoms with Gasteiger partial charge in [0.1, 0.15) is 11.7 Å². The van der Waals surface area contributed by atoms with E-state index in [2.05, 4.69) is 20.5 Å². The van der Waals surface area contributed by atoms with Crippen LogP contribution < -0.4 is 5.56 Å². The van der Waals surface area contributed by atoms with Crippen LogP contribution in [0.15, 0.2) is 35.1 Å². The molecule has 1 aliphatic rings. The van der Waals surface area contributed by atoms with Crippen LogP contribution in [0.5, 0.6) is 0 Å². The number of hydrogen-bond donors (Lipinski definition) is 2. The van der Waals surface area contributed by atoms with E-state index in [1.165, 1.54) is 6.07 Å². The highest BCUT2D eigenvalue weighted by atomic mass is 19.1. The van der Waals surface area contributed by atoms with Gasteiger partial charge >= 0.3 is 5.97 Å². The number of aromatic carboxylic acids is 1. The molecule has 0 bridgehead atoms. The van der Waals surface area contributed by atoms with Gasteiger partial charge in [0.15, 0.2) is 0 Å². The van der Waals surface area contributed by atoms with Gasteiger partial charge < -0.3 is 14.7 Å². The summed E-state index contributed by atoms with van der Waals surface area (Å²) in [7, 11) is 2.00. The van der Waals surface area contributed by atoms with Gasteiger partial charge in [0.05, 0.1) is 5.69 Å². The third-order valence-corrected chi connectivity index (χ3v) is 5.77. The fraction of sp³-hybridized carbons (Fsp3) is 0.364. The van der Waals surface area contributed by atoms with Crippen LogP contribution in [0, 0.1) is 0 Å². The molecule has 152 valence electrons. The Morgan fingerprint density at radius 1 is 1.31 bits per heavy atom. The van der Waals surface area contributed by atoms with Gasteiger partial charge in [-0.1, -0.05) is 13.0 Å². The molecule has 7 heteroatoms. The number of alkyl halides is 1. The minimum absolute atomic E-state index is 0.245. The number of nitrogens with one attached hydrogen (secondary N) is 1. The van der Waals surface area contributed by atoms with Gasteiger partial charge in [0.2, 0.25) is 0 Å². The van der Waals surface area contributed by atoms with Gasteiger partial charge in [-0.25, -0.2) is 9.18 Å². The number of fused-ring (bicyclic) bond motifs is 1. The molecule has 0 aliphatic carbocycles. The van der Waals surface area contributed by atoms with E-state index in [0.29, 0.717) is 31.6 Å². The number of benzene rings is 1. The lowest BCUT2D eigenvalue weighted by Crippen LogP contribution is -2.21. The number of likely N-dealkylation sites (tertiary alicyclic amines) is 1. The highest BCUT2D eigenvalue weighted by molar-refractivity contribution is 5.89. The van der Waals surface area contributed by atoms with Gasteiger partial charge in [-0.3, -0.25) is 9.69 Å². The van der Waals surface area contributed by atoms with Crippen molar-refractivity contribution in [2.45, 2.75) is 32.5 Å². The summed E-state index contributed by atoms with van der Waals surface area (Å²) >= 11 is 0. The van der Waals surface area contributed by atoms with Crippen molar-refractivity contribution in [3.8, 4) is 11.3 Å². The van der Waals surface area contributed by atoms with E-state index in [1.54, 1.807) is 0 Å². The van der Waals surface area contributed by atoms with E-state index in [0.717, 1.165) is 34.3 Å². The van der Waals surface area contributed by atoms with Crippen LogP contribution in [0.1, 0.15) is 35.0 Å². The predicted molar refractivity (Wildman–Crippen MR) is 110 cm³/mol. The van der Waals surface area contributed by atoms with E-state index in [9.17, 15) is 19.1 Å². The topological polar surface area (TPSA) is 78.3 Å². The summed E-state index contributed by atoms with van der Waals surface area (Å²) in [5.74, 6) is -1.23. The largest absolute Gasteiger partial charge is 0.477 e. The Labute approximate surface area is 167 Å². The molecule has 2 N–H and O–H groups in total. The van der Waals surface area contributed by atoms with E-state index in [-0.39, 0.29) is 5.56 Å². The number of carbonyl (C=O) groups is 1. The second-order valence-electron chi connectivity index (χ2n) is 7.66. The Bertz CT molecular complexity index is 1150. The Hall–Kier alpha value is -2.93. The first-order valence-electron chi connectivity index (χ1n) is 9.82. The highest BCUT2D eigenvalue weighted by Gasteiger charge is 2.23. The molecular formula is C22H24FN3O3. The van der Waals surface area contributed by atoms with E-state index in [1.807, 2.05) is 32.2 Å². The van der Waals surface area contributed by atoms with Crippen LogP contribution in [0.4, 0.5) is 4.39 Å². The Morgan fingerprint density at radius 2 is 2.10 bits per heavy atom. The molecule has 1 atom stereocenters. The fourth-order valence-electron chi connectivity index (χ4n) is 4.14. The van der Waals surface area contributed by atoms with Gasteiger partial charge in [0, 0.05) is 43.3 Å². The highest BCUT2D eigenvalue weighted by Crippen LogP contribution is 2.28. The van der Waals surface area contributed by atoms with Crippen LogP contribution in [0.3, 0.4) is 0 Å². The number of carboxylic acids is 1. The second kappa shape index (κ2) is 7.48. The van der Waals surface area contributed by atoms with E-state index >= 15 is 0 Å². The molecule has 3 heterocycles. The van der Waals surface area contributed by atoms with E-state index < -0.39 is 17.7 Å². The molecule has 1 fully saturated rings. The molecule has 1 aliphatic heterocycles. The lowest BCUT2D eigenvalue weighted by Gasteiger charge is -2.15. The zero-order chi connectivity index (χ0) is 20.7. The van der Waals surface area contributed by atoms with Crippen molar-refractivity contribution < 1.29 is 14.3 Å². The van der Waals surface area contributed by atoms with Crippen LogP contribution >= 0.6 is 0 Å². The Morgan fingerprint density at radius 3 is 2.76 bits per heavy atom. The standard InChI is InChI=1S/C22H24FN3O3/c1-3-13-10-18(22(28)29)21(27)24-20(13)14-4-5-19-15(8-14)9-17(25(19)2)12-26-7-6-16(23)11-26/h4-5,8-10,16H,3,6-7,11-12H2,1-2H3,(H,24,27)(H,28,29). The maximum absolute atomic E-state index is 13.5. The molecule has 1 aromatic carbocycles. The average Bonchev–Trinajstić information content (AvgIpc) is 3.24. The summed E-state index contributed by atoms with van der Waals surface area (Å²) in [6, 6.07) is 9.49. The summed E-state index contributed by atoms with van der Waals surface area (Å²) in [6.07, 6.45) is 0.451. The average molecular weight is 397 g/mol. The molecule has 3 aromatic rings. The molecule has 0 amide bonds. The van der Waals surface area contributed by atoms with Gasteiger partial charge in [-0.05, 0) is 48.2 Å². The third kappa shape index (κ3) is 3.58. The molecule has 2 aromatic heterocycles. The Kier molecular flexibility index (Phi) is 5.00. The van der Waals surface area contributed by atoms with E-state index in [4.69, 9.17) is 0 Å². The number of H-pyrrole nitrogens is 1. The molecular weight excluding hydrogens is 373 g/mol.